The molecule has 5 nitrogen and oxygen atoms in total. The Bertz CT molecular complexity index is 705. The van der Waals surface area contributed by atoms with Crippen LogP contribution >= 0.6 is 0 Å². The summed E-state index contributed by atoms with van der Waals surface area (Å²) in [5.74, 6) is 0.754. The lowest BCUT2D eigenvalue weighted by molar-refractivity contribution is -0.130. The lowest BCUT2D eigenvalue weighted by Gasteiger charge is -2.24. The van der Waals surface area contributed by atoms with E-state index in [0.29, 0.717) is 19.5 Å². The average Bonchev–Trinajstić information content (AvgIpc) is 2.98. The van der Waals surface area contributed by atoms with E-state index < -0.39 is 5.60 Å². The molecular weight excluding hydrogens is 304 g/mol. The first-order valence-corrected chi connectivity index (χ1v) is 8.14. The molecule has 1 amide bonds. The number of pyridine rings is 1. The van der Waals surface area contributed by atoms with Crippen LogP contribution in [0.15, 0.2) is 48.7 Å². The van der Waals surface area contributed by atoms with Crippen molar-refractivity contribution < 1.29 is 14.6 Å². The van der Waals surface area contributed by atoms with Crippen LogP contribution < -0.4 is 4.74 Å². The Hall–Kier alpha value is -2.40. The van der Waals surface area contributed by atoms with Crippen molar-refractivity contribution in [2.45, 2.75) is 25.4 Å². The number of carbonyl (C=O) groups excluding carboxylic acids is 1. The number of benzene rings is 1. The van der Waals surface area contributed by atoms with Gasteiger partial charge in [-0.15, -0.1) is 0 Å². The molecule has 1 aliphatic heterocycles. The fourth-order valence-electron chi connectivity index (χ4n) is 2.89. The number of amides is 1. The van der Waals surface area contributed by atoms with Crippen molar-refractivity contribution in [3.63, 3.8) is 0 Å². The summed E-state index contributed by atoms with van der Waals surface area (Å²) in [5, 5.41) is 10.7. The zero-order chi connectivity index (χ0) is 17.0. The van der Waals surface area contributed by atoms with Gasteiger partial charge in [0.15, 0.2) is 0 Å². The number of aromatic nitrogens is 1. The second kappa shape index (κ2) is 7.01. The van der Waals surface area contributed by atoms with Gasteiger partial charge >= 0.3 is 0 Å². The summed E-state index contributed by atoms with van der Waals surface area (Å²) in [6.45, 7) is 2.99. The average molecular weight is 326 g/mol. The quantitative estimate of drug-likeness (QED) is 0.912. The molecule has 0 aliphatic carbocycles. The van der Waals surface area contributed by atoms with Crippen LogP contribution in [0.1, 0.15) is 17.7 Å². The molecule has 1 aliphatic rings. The van der Waals surface area contributed by atoms with Crippen LogP contribution in [0.25, 0.3) is 0 Å². The van der Waals surface area contributed by atoms with Gasteiger partial charge in [0.05, 0.1) is 13.0 Å². The van der Waals surface area contributed by atoms with Crippen LogP contribution in [-0.4, -0.2) is 46.2 Å². The SMILES string of the molecule is Cc1ccccc1OC[C@]1(O)CCN(C(=O)Cc2ccccn2)C1. The first-order valence-electron chi connectivity index (χ1n) is 8.14. The van der Waals surface area contributed by atoms with Gasteiger partial charge in [-0.05, 0) is 37.1 Å². The minimum atomic E-state index is -0.998. The molecule has 0 saturated carbocycles. The predicted octanol–water partition coefficient (Wildman–Crippen LogP) is 1.97. The number of para-hydroxylation sites is 1. The number of rotatable bonds is 5. The van der Waals surface area contributed by atoms with Crippen LogP contribution in [-0.2, 0) is 11.2 Å². The molecule has 1 aromatic carbocycles. The molecule has 24 heavy (non-hydrogen) atoms. The van der Waals surface area contributed by atoms with Crippen molar-refractivity contribution in [1.29, 1.82) is 0 Å². The molecule has 0 bridgehead atoms. The van der Waals surface area contributed by atoms with Gasteiger partial charge in [-0.1, -0.05) is 24.3 Å². The Morgan fingerprint density at radius 2 is 2.08 bits per heavy atom. The zero-order valence-electron chi connectivity index (χ0n) is 13.8. The molecule has 0 spiro atoms. The molecule has 1 saturated heterocycles. The van der Waals surface area contributed by atoms with E-state index in [2.05, 4.69) is 4.98 Å². The second-order valence-electron chi connectivity index (χ2n) is 6.34. The van der Waals surface area contributed by atoms with Crippen LogP contribution in [0.5, 0.6) is 5.75 Å². The summed E-state index contributed by atoms with van der Waals surface area (Å²) >= 11 is 0. The number of nitrogens with zero attached hydrogens (tertiary/aromatic N) is 2. The maximum absolute atomic E-state index is 12.4. The number of aliphatic hydroxyl groups is 1. The minimum Gasteiger partial charge on any atom is -0.490 e. The summed E-state index contributed by atoms with van der Waals surface area (Å²) in [7, 11) is 0. The standard InChI is InChI=1S/C19H22N2O3/c1-15-6-2-3-8-17(15)24-14-19(23)9-11-21(13-19)18(22)12-16-7-4-5-10-20-16/h2-8,10,23H,9,11-14H2,1H3/t19-/m0/s1. The van der Waals surface area contributed by atoms with E-state index in [9.17, 15) is 9.90 Å². The van der Waals surface area contributed by atoms with E-state index in [-0.39, 0.29) is 18.9 Å². The van der Waals surface area contributed by atoms with Gasteiger partial charge < -0.3 is 14.7 Å². The van der Waals surface area contributed by atoms with Crippen molar-refractivity contribution in [3.05, 3.63) is 59.9 Å². The van der Waals surface area contributed by atoms with Crippen molar-refractivity contribution >= 4 is 5.91 Å². The number of aryl methyl sites for hydroxylation is 1. The number of carbonyl (C=O) groups is 1. The monoisotopic (exact) mass is 326 g/mol. The molecule has 0 radical (unpaired) electrons. The van der Waals surface area contributed by atoms with Crippen LogP contribution in [0.3, 0.4) is 0 Å². The molecule has 1 N–H and O–H groups in total. The molecular formula is C19H22N2O3. The summed E-state index contributed by atoms with van der Waals surface area (Å²) in [6, 6.07) is 13.2. The molecule has 5 heteroatoms. The summed E-state index contributed by atoms with van der Waals surface area (Å²) in [5.41, 5.74) is 0.776. The number of hydrogen-bond acceptors (Lipinski definition) is 4. The smallest absolute Gasteiger partial charge is 0.228 e. The van der Waals surface area contributed by atoms with Crippen molar-refractivity contribution in [3.8, 4) is 5.75 Å². The highest BCUT2D eigenvalue weighted by atomic mass is 16.5. The topological polar surface area (TPSA) is 62.7 Å². The molecule has 3 rings (SSSR count). The fraction of sp³-hybridized carbons (Fsp3) is 0.368. The van der Waals surface area contributed by atoms with E-state index in [1.807, 2.05) is 49.4 Å². The molecule has 0 unspecified atom stereocenters. The fourth-order valence-corrected chi connectivity index (χ4v) is 2.89. The summed E-state index contributed by atoms with van der Waals surface area (Å²) < 4.78 is 5.77. The lowest BCUT2D eigenvalue weighted by Crippen LogP contribution is -2.41. The minimum absolute atomic E-state index is 0.0134. The Morgan fingerprint density at radius 3 is 2.83 bits per heavy atom. The second-order valence-corrected chi connectivity index (χ2v) is 6.34. The molecule has 1 aromatic heterocycles. The highest BCUT2D eigenvalue weighted by Crippen LogP contribution is 2.25. The van der Waals surface area contributed by atoms with E-state index >= 15 is 0 Å². The largest absolute Gasteiger partial charge is 0.490 e. The normalized spacial score (nSPS) is 20.2. The van der Waals surface area contributed by atoms with Crippen molar-refractivity contribution in [2.24, 2.45) is 0 Å². The van der Waals surface area contributed by atoms with Crippen LogP contribution in [0, 0.1) is 6.92 Å². The molecule has 2 heterocycles. The maximum atomic E-state index is 12.4. The summed E-state index contributed by atoms with van der Waals surface area (Å²) in [6.07, 6.45) is 2.46. The number of β-amino-alcohol motifs (C(OH)–C–C–N with tert-alkyl or cyclic N) is 1. The van der Waals surface area contributed by atoms with E-state index in [1.54, 1.807) is 11.1 Å². The first kappa shape index (κ1) is 16.5. The zero-order valence-corrected chi connectivity index (χ0v) is 13.8. The van der Waals surface area contributed by atoms with E-state index in [1.165, 1.54) is 0 Å². The maximum Gasteiger partial charge on any atom is 0.228 e. The van der Waals surface area contributed by atoms with E-state index in [4.69, 9.17) is 4.74 Å². The third-order valence-electron chi connectivity index (χ3n) is 4.33. The number of ether oxygens (including phenoxy) is 1. The summed E-state index contributed by atoms with van der Waals surface area (Å²) in [4.78, 5) is 18.2. The predicted molar refractivity (Wildman–Crippen MR) is 90.8 cm³/mol. The molecule has 1 fully saturated rings. The molecule has 1 atom stereocenters. The Kier molecular flexibility index (Phi) is 4.81. The van der Waals surface area contributed by atoms with Crippen molar-refractivity contribution in [1.82, 2.24) is 9.88 Å². The third kappa shape index (κ3) is 3.92. The van der Waals surface area contributed by atoms with Crippen LogP contribution in [0.2, 0.25) is 0 Å². The van der Waals surface area contributed by atoms with Gasteiger partial charge in [0.1, 0.15) is 18.0 Å². The van der Waals surface area contributed by atoms with Gasteiger partial charge in [-0.3, -0.25) is 9.78 Å². The molecule has 2 aromatic rings. The van der Waals surface area contributed by atoms with Gasteiger partial charge in [0.25, 0.3) is 0 Å². The van der Waals surface area contributed by atoms with E-state index in [0.717, 1.165) is 17.0 Å². The van der Waals surface area contributed by atoms with Gasteiger partial charge in [-0.2, -0.15) is 0 Å². The first-order chi connectivity index (χ1) is 11.6. The molecule has 126 valence electrons. The number of likely N-dealkylation sites (tertiary alicyclic amines) is 1. The van der Waals surface area contributed by atoms with Gasteiger partial charge in [0.2, 0.25) is 5.91 Å². The van der Waals surface area contributed by atoms with Gasteiger partial charge in [0, 0.05) is 18.4 Å². The Balaban J connectivity index is 1.55. The highest BCUT2D eigenvalue weighted by Gasteiger charge is 2.39. The van der Waals surface area contributed by atoms with Crippen molar-refractivity contribution in [2.75, 3.05) is 19.7 Å². The Labute approximate surface area is 141 Å². The van der Waals surface area contributed by atoms with Crippen LogP contribution in [0.4, 0.5) is 0 Å². The third-order valence-corrected chi connectivity index (χ3v) is 4.33. The number of hydrogen-bond donors (Lipinski definition) is 1. The van der Waals surface area contributed by atoms with Gasteiger partial charge in [-0.25, -0.2) is 0 Å². The highest BCUT2D eigenvalue weighted by molar-refractivity contribution is 5.78. The Morgan fingerprint density at radius 1 is 1.29 bits per heavy atom. The lowest BCUT2D eigenvalue weighted by atomic mass is 10.1.